The molecule has 1 aromatic heterocycles. The summed E-state index contributed by atoms with van der Waals surface area (Å²) in [4.78, 5) is 12.2. The Labute approximate surface area is 169 Å². The molecule has 140 valence electrons. The molecule has 0 aliphatic carbocycles. The van der Waals surface area contributed by atoms with Gasteiger partial charge in [0.2, 0.25) is 11.1 Å². The number of hydrogen-bond acceptors (Lipinski definition) is 6. The van der Waals surface area contributed by atoms with Crippen molar-refractivity contribution in [2.45, 2.75) is 12.1 Å². The van der Waals surface area contributed by atoms with Crippen LogP contribution in [0.4, 0.5) is 5.69 Å². The molecule has 7 nitrogen and oxygen atoms in total. The number of amides is 1. The van der Waals surface area contributed by atoms with Crippen LogP contribution < -0.4 is 15.9 Å². The van der Waals surface area contributed by atoms with Crippen molar-refractivity contribution in [3.8, 4) is 17.1 Å². The number of anilines is 1. The molecule has 0 bridgehead atoms. The topological polar surface area (TPSA) is 95.1 Å². The maximum Gasteiger partial charge on any atom is 0.234 e. The first-order valence-corrected chi connectivity index (χ1v) is 9.97. The number of halogens is 1. The molecule has 2 aromatic carbocycles. The average molecular weight is 448 g/mol. The van der Waals surface area contributed by atoms with E-state index in [4.69, 9.17) is 10.6 Å². The molecular weight excluding hydrogens is 430 g/mol. The summed E-state index contributed by atoms with van der Waals surface area (Å²) in [6.07, 6.45) is 0. The fourth-order valence-corrected chi connectivity index (χ4v) is 3.38. The van der Waals surface area contributed by atoms with Crippen LogP contribution in [0.2, 0.25) is 0 Å². The Balaban J connectivity index is 1.66. The van der Waals surface area contributed by atoms with Gasteiger partial charge in [-0.05, 0) is 47.1 Å². The second-order valence-electron chi connectivity index (χ2n) is 5.45. The Morgan fingerprint density at radius 3 is 2.85 bits per heavy atom. The molecule has 0 aliphatic rings. The molecule has 27 heavy (non-hydrogen) atoms. The van der Waals surface area contributed by atoms with Crippen molar-refractivity contribution in [2.24, 2.45) is 0 Å². The minimum atomic E-state index is -0.158. The number of aromatic nitrogens is 3. The van der Waals surface area contributed by atoms with Gasteiger partial charge in [-0.1, -0.05) is 36.0 Å². The van der Waals surface area contributed by atoms with E-state index in [2.05, 4.69) is 31.4 Å². The van der Waals surface area contributed by atoms with Crippen LogP contribution in [0.5, 0.6) is 5.75 Å². The molecule has 0 unspecified atom stereocenters. The van der Waals surface area contributed by atoms with E-state index in [1.165, 1.54) is 16.4 Å². The largest absolute Gasteiger partial charge is 0.494 e. The first-order valence-electron chi connectivity index (χ1n) is 8.19. The van der Waals surface area contributed by atoms with E-state index >= 15 is 0 Å². The first-order chi connectivity index (χ1) is 13.1. The van der Waals surface area contributed by atoms with E-state index in [0.717, 1.165) is 15.8 Å². The molecule has 3 rings (SSSR count). The summed E-state index contributed by atoms with van der Waals surface area (Å²) >= 11 is 4.62. The zero-order valence-corrected chi connectivity index (χ0v) is 17.0. The number of rotatable bonds is 7. The van der Waals surface area contributed by atoms with Crippen LogP contribution >= 0.6 is 27.7 Å². The summed E-state index contributed by atoms with van der Waals surface area (Å²) in [7, 11) is 0. The predicted molar refractivity (Wildman–Crippen MR) is 110 cm³/mol. The van der Waals surface area contributed by atoms with Crippen molar-refractivity contribution in [1.29, 1.82) is 0 Å². The lowest BCUT2D eigenvalue weighted by Gasteiger charge is -2.07. The summed E-state index contributed by atoms with van der Waals surface area (Å²) in [5.74, 6) is 7.36. The fourth-order valence-electron chi connectivity index (χ4n) is 2.34. The Hall–Kier alpha value is -2.52. The van der Waals surface area contributed by atoms with E-state index in [0.29, 0.717) is 23.3 Å². The molecule has 0 saturated heterocycles. The molecule has 1 heterocycles. The number of ether oxygens (including phenoxy) is 1. The molecule has 0 atom stereocenters. The molecule has 3 N–H and O–H groups in total. The molecule has 3 aromatic rings. The highest BCUT2D eigenvalue weighted by atomic mass is 79.9. The van der Waals surface area contributed by atoms with Crippen LogP contribution in [0.1, 0.15) is 6.92 Å². The molecule has 0 radical (unpaired) electrons. The summed E-state index contributed by atoms with van der Waals surface area (Å²) in [6, 6.07) is 14.9. The van der Waals surface area contributed by atoms with Crippen molar-refractivity contribution in [3.05, 3.63) is 53.0 Å². The third kappa shape index (κ3) is 4.81. The Morgan fingerprint density at radius 1 is 1.26 bits per heavy atom. The summed E-state index contributed by atoms with van der Waals surface area (Å²) in [5, 5.41) is 11.5. The number of carbonyl (C=O) groups excluding carboxylic acids is 1. The first kappa shape index (κ1) is 19.2. The predicted octanol–water partition coefficient (Wildman–Crippen LogP) is 3.55. The van der Waals surface area contributed by atoms with Gasteiger partial charge in [0, 0.05) is 10.0 Å². The van der Waals surface area contributed by atoms with Crippen LogP contribution in [0.15, 0.2) is 58.2 Å². The highest BCUT2D eigenvalue weighted by Gasteiger charge is 2.15. The van der Waals surface area contributed by atoms with Gasteiger partial charge in [0.1, 0.15) is 5.75 Å². The van der Waals surface area contributed by atoms with Crippen molar-refractivity contribution < 1.29 is 9.53 Å². The number of thioether (sulfide) groups is 1. The molecular formula is C18H18BrN5O2S. The third-order valence-electron chi connectivity index (χ3n) is 3.55. The number of carbonyl (C=O) groups is 1. The number of nitrogen functional groups attached to an aromatic ring is 1. The van der Waals surface area contributed by atoms with Gasteiger partial charge in [0.25, 0.3) is 0 Å². The van der Waals surface area contributed by atoms with Crippen LogP contribution in [-0.4, -0.2) is 33.1 Å². The van der Waals surface area contributed by atoms with Crippen LogP contribution in [-0.2, 0) is 4.79 Å². The Morgan fingerprint density at radius 2 is 2.07 bits per heavy atom. The van der Waals surface area contributed by atoms with Gasteiger partial charge >= 0.3 is 0 Å². The van der Waals surface area contributed by atoms with E-state index < -0.39 is 0 Å². The number of hydrogen-bond donors (Lipinski definition) is 2. The zero-order valence-electron chi connectivity index (χ0n) is 14.6. The molecule has 9 heteroatoms. The molecule has 1 amide bonds. The fraction of sp³-hybridized carbons (Fsp3) is 0.167. The number of para-hydroxylation sites is 1. The van der Waals surface area contributed by atoms with E-state index in [1.54, 1.807) is 0 Å². The number of benzene rings is 2. The minimum Gasteiger partial charge on any atom is -0.494 e. The van der Waals surface area contributed by atoms with Gasteiger partial charge in [-0.2, -0.15) is 0 Å². The maximum absolute atomic E-state index is 12.2. The second-order valence-corrected chi connectivity index (χ2v) is 7.25. The van der Waals surface area contributed by atoms with Crippen molar-refractivity contribution in [2.75, 3.05) is 23.5 Å². The Bertz CT molecular complexity index is 947. The molecule has 0 saturated carbocycles. The highest BCUT2D eigenvalue weighted by molar-refractivity contribution is 9.10. The SMILES string of the molecule is CCOc1cccc(-c2nnc(SCC(=O)Nc3ccccc3Br)n2N)c1. The molecule has 0 fully saturated rings. The van der Waals surface area contributed by atoms with Crippen molar-refractivity contribution in [3.63, 3.8) is 0 Å². The summed E-state index contributed by atoms with van der Waals surface area (Å²) in [5.41, 5.74) is 1.51. The van der Waals surface area contributed by atoms with Gasteiger partial charge in [-0.25, -0.2) is 4.68 Å². The van der Waals surface area contributed by atoms with E-state index in [-0.39, 0.29) is 11.7 Å². The standard InChI is InChI=1S/C18H18BrN5O2S/c1-2-26-13-7-5-6-12(10-13)17-22-23-18(24(17)20)27-11-16(25)21-15-9-4-3-8-14(15)19/h3-10H,2,11,20H2,1H3,(H,21,25). The van der Waals surface area contributed by atoms with E-state index in [1.807, 2.05) is 55.5 Å². The van der Waals surface area contributed by atoms with Crippen molar-refractivity contribution >= 4 is 39.3 Å². The van der Waals surface area contributed by atoms with Gasteiger partial charge in [0.15, 0.2) is 5.82 Å². The van der Waals surface area contributed by atoms with Crippen LogP contribution in [0.3, 0.4) is 0 Å². The lowest BCUT2D eigenvalue weighted by atomic mass is 10.2. The van der Waals surface area contributed by atoms with Crippen LogP contribution in [0.25, 0.3) is 11.4 Å². The third-order valence-corrected chi connectivity index (χ3v) is 5.18. The average Bonchev–Trinajstić information content (AvgIpc) is 3.03. The van der Waals surface area contributed by atoms with Gasteiger partial charge in [0.05, 0.1) is 18.0 Å². The smallest absolute Gasteiger partial charge is 0.234 e. The molecule has 0 aliphatic heterocycles. The monoisotopic (exact) mass is 447 g/mol. The number of nitrogens with two attached hydrogens (primary N) is 1. The van der Waals surface area contributed by atoms with Crippen molar-refractivity contribution in [1.82, 2.24) is 14.9 Å². The summed E-state index contributed by atoms with van der Waals surface area (Å²) in [6.45, 7) is 2.50. The number of nitrogens with zero attached hydrogens (tertiary/aromatic N) is 3. The Kier molecular flexibility index (Phi) is 6.36. The molecule has 0 spiro atoms. The quantitative estimate of drug-likeness (QED) is 0.424. The van der Waals surface area contributed by atoms with E-state index in [9.17, 15) is 4.79 Å². The minimum absolute atomic E-state index is 0.158. The lowest BCUT2D eigenvalue weighted by Crippen LogP contribution is -2.16. The number of nitrogens with one attached hydrogen (secondary N) is 1. The zero-order chi connectivity index (χ0) is 19.2. The highest BCUT2D eigenvalue weighted by Crippen LogP contribution is 2.25. The van der Waals surface area contributed by atoms with Crippen LogP contribution in [0, 0.1) is 0 Å². The second kappa shape index (κ2) is 8.92. The lowest BCUT2D eigenvalue weighted by molar-refractivity contribution is -0.113. The van der Waals surface area contributed by atoms with Gasteiger partial charge in [-0.3, -0.25) is 4.79 Å². The summed E-state index contributed by atoms with van der Waals surface area (Å²) < 4.78 is 7.70. The normalized spacial score (nSPS) is 10.6. The maximum atomic E-state index is 12.2. The van der Waals surface area contributed by atoms with Gasteiger partial charge < -0.3 is 15.9 Å². The van der Waals surface area contributed by atoms with Gasteiger partial charge in [-0.15, -0.1) is 10.2 Å².